The van der Waals surface area contributed by atoms with Crippen LogP contribution >= 0.6 is 22.6 Å². The topological polar surface area (TPSA) is 57.4 Å². The van der Waals surface area contributed by atoms with E-state index in [1.54, 1.807) is 6.20 Å². The molecule has 2 heterocycles. The quantitative estimate of drug-likeness (QED) is 0.372. The van der Waals surface area contributed by atoms with E-state index in [9.17, 15) is 26.3 Å². The number of nitrogens with one attached hydrogen (secondary N) is 2. The zero-order chi connectivity index (χ0) is 16.7. The van der Waals surface area contributed by atoms with E-state index in [1.165, 1.54) is 12.5 Å². The maximum absolute atomic E-state index is 11.8. The number of hydrogen-bond acceptors (Lipinski definition) is 2. The van der Waals surface area contributed by atoms with Crippen LogP contribution in [0, 0.1) is 13.8 Å². The second kappa shape index (κ2) is 8.24. The highest BCUT2D eigenvalue weighted by molar-refractivity contribution is 14.1. The van der Waals surface area contributed by atoms with E-state index in [-0.39, 0.29) is 5.56 Å². The molecule has 0 spiro atoms. The molecule has 0 atom stereocenters. The molecule has 2 aromatic rings. The third-order valence-electron chi connectivity index (χ3n) is 1.75. The molecule has 2 N–H and O–H groups in total. The molecule has 0 amide bonds. The normalized spacial score (nSPS) is 11.1. The number of halogens is 7. The summed E-state index contributed by atoms with van der Waals surface area (Å²) in [6.07, 6.45) is 0.462. The molecule has 0 unspecified atom stereocenters. The molecular weight excluding hydrogens is 417 g/mol. The van der Waals surface area contributed by atoms with E-state index >= 15 is 0 Å². The summed E-state index contributed by atoms with van der Waals surface area (Å²) >= 11 is 0.378. The van der Waals surface area contributed by atoms with Crippen LogP contribution in [-0.2, 0) is 6.18 Å². The first-order chi connectivity index (χ1) is 9.41. The second-order valence-corrected chi connectivity index (χ2v) is 4.85. The molecule has 0 aliphatic rings. The van der Waals surface area contributed by atoms with Crippen LogP contribution in [0.3, 0.4) is 0 Å². The Balaban J connectivity index is 0.000000312. The third-order valence-corrected chi connectivity index (χ3v) is 1.75. The van der Waals surface area contributed by atoms with Crippen LogP contribution in [0.2, 0.25) is 0 Å². The van der Waals surface area contributed by atoms with Gasteiger partial charge in [0, 0.05) is 28.8 Å². The van der Waals surface area contributed by atoms with Gasteiger partial charge in [0.05, 0.1) is 12.4 Å². The zero-order valence-electron chi connectivity index (χ0n) is 10.8. The van der Waals surface area contributed by atoms with Crippen molar-refractivity contribution in [1.29, 1.82) is 0 Å². The molecule has 0 fully saturated rings. The van der Waals surface area contributed by atoms with Crippen LogP contribution in [0.25, 0.3) is 0 Å². The van der Waals surface area contributed by atoms with Crippen LogP contribution < -0.4 is 0 Å². The van der Waals surface area contributed by atoms with Crippen molar-refractivity contribution in [2.45, 2.75) is 24.2 Å². The number of hydrogen-bond donors (Lipinski definition) is 2. The summed E-state index contributed by atoms with van der Waals surface area (Å²) in [6.45, 7) is 3.34. The molecule has 0 saturated carbocycles. The summed E-state index contributed by atoms with van der Waals surface area (Å²) < 4.78 is 62.4. The summed E-state index contributed by atoms with van der Waals surface area (Å²) in [7, 11) is 0. The second-order valence-electron chi connectivity index (χ2n) is 3.63. The van der Waals surface area contributed by atoms with Crippen LogP contribution in [0.5, 0.6) is 0 Å². The van der Waals surface area contributed by atoms with Gasteiger partial charge in [-0.3, -0.25) is 10.2 Å². The van der Waals surface area contributed by atoms with Gasteiger partial charge >= 0.3 is 10.4 Å². The maximum Gasteiger partial charge on any atom is 0.441 e. The number of aromatic amines is 2. The number of aromatic nitrogens is 4. The first kappa shape index (κ1) is 19.7. The van der Waals surface area contributed by atoms with Crippen LogP contribution in [0.15, 0.2) is 18.6 Å². The molecule has 0 bridgehead atoms. The van der Waals surface area contributed by atoms with Gasteiger partial charge in [0.25, 0.3) is 0 Å². The Bertz CT molecular complexity index is 496. The Morgan fingerprint density at radius 3 is 1.67 bits per heavy atom. The van der Waals surface area contributed by atoms with Crippen molar-refractivity contribution in [3.05, 3.63) is 35.4 Å². The summed E-state index contributed by atoms with van der Waals surface area (Å²) in [5.74, 6) is 0. The first-order valence-electron chi connectivity index (χ1n) is 5.19. The molecule has 0 saturated heterocycles. The number of nitrogens with zero attached hydrogens (tertiary/aromatic N) is 2. The Hall–Kier alpha value is -1.27. The molecule has 2 aromatic heterocycles. The van der Waals surface area contributed by atoms with Crippen molar-refractivity contribution in [2.75, 3.05) is 0 Å². The predicted molar refractivity (Wildman–Crippen MR) is 71.7 cm³/mol. The number of H-pyrrole nitrogens is 2. The van der Waals surface area contributed by atoms with Crippen LogP contribution in [-0.4, -0.2) is 24.6 Å². The van der Waals surface area contributed by atoms with Crippen LogP contribution in [0.4, 0.5) is 26.3 Å². The fourth-order valence-corrected chi connectivity index (χ4v) is 0.949. The fourth-order valence-electron chi connectivity index (χ4n) is 0.949. The number of rotatable bonds is 0. The lowest BCUT2D eigenvalue weighted by atomic mass is 10.3. The van der Waals surface area contributed by atoms with Gasteiger partial charge in [-0.15, -0.1) is 0 Å². The molecule has 21 heavy (non-hydrogen) atoms. The van der Waals surface area contributed by atoms with Gasteiger partial charge in [-0.05, 0) is 25.0 Å². The van der Waals surface area contributed by atoms with Crippen molar-refractivity contribution in [1.82, 2.24) is 20.4 Å². The highest BCUT2D eigenvalue weighted by Crippen LogP contribution is 2.29. The Morgan fingerprint density at radius 2 is 1.52 bits per heavy atom. The van der Waals surface area contributed by atoms with E-state index < -0.39 is 16.1 Å². The van der Waals surface area contributed by atoms with Gasteiger partial charge in [0.2, 0.25) is 0 Å². The van der Waals surface area contributed by atoms with Crippen molar-refractivity contribution < 1.29 is 26.3 Å². The molecule has 11 heteroatoms. The van der Waals surface area contributed by atoms with Gasteiger partial charge in [-0.2, -0.15) is 36.5 Å². The summed E-state index contributed by atoms with van der Waals surface area (Å²) in [5.41, 5.74) is 0.523. The lowest BCUT2D eigenvalue weighted by Crippen LogP contribution is -2.06. The van der Waals surface area contributed by atoms with Gasteiger partial charge in [0.1, 0.15) is 5.69 Å². The zero-order valence-corrected chi connectivity index (χ0v) is 12.9. The minimum Gasteiger partial charge on any atom is -0.285 e. The van der Waals surface area contributed by atoms with E-state index in [0.717, 1.165) is 6.20 Å². The fraction of sp³-hybridized carbons (Fsp3) is 0.400. The standard InChI is InChI=1S/C5H5F3N2.C4H6N2.CF3I/c1-3-2-9-10-4(3)5(6,7)8;1-4-2-5-6-3-4;2-1(3,4)5/h2H,1H3,(H,9,10);2-3H,1H3,(H,5,6);. The van der Waals surface area contributed by atoms with E-state index in [0.29, 0.717) is 22.6 Å². The maximum atomic E-state index is 11.8. The van der Waals surface area contributed by atoms with E-state index in [4.69, 9.17) is 0 Å². The van der Waals surface area contributed by atoms with Gasteiger partial charge < -0.3 is 0 Å². The van der Waals surface area contributed by atoms with Crippen molar-refractivity contribution in [2.24, 2.45) is 0 Å². The smallest absolute Gasteiger partial charge is 0.285 e. The molecule has 0 aromatic carbocycles. The predicted octanol–water partition coefficient (Wildman–Crippen LogP) is 4.40. The lowest BCUT2D eigenvalue weighted by Gasteiger charge is -2.02. The monoisotopic (exact) mass is 428 g/mol. The summed E-state index contributed by atoms with van der Waals surface area (Å²) in [4.78, 5) is 0. The third kappa shape index (κ3) is 11.1. The average molecular weight is 428 g/mol. The summed E-state index contributed by atoms with van der Waals surface area (Å²) in [5, 5.41) is 11.5. The van der Waals surface area contributed by atoms with Crippen molar-refractivity contribution in [3.8, 4) is 0 Å². The minimum atomic E-state index is -4.30. The molecule has 120 valence electrons. The highest BCUT2D eigenvalue weighted by Gasteiger charge is 2.34. The molecule has 0 aliphatic heterocycles. The van der Waals surface area contributed by atoms with E-state index in [2.05, 4.69) is 15.3 Å². The van der Waals surface area contributed by atoms with Gasteiger partial charge in [0.15, 0.2) is 0 Å². The number of aryl methyl sites for hydroxylation is 2. The largest absolute Gasteiger partial charge is 0.441 e. The Labute approximate surface area is 129 Å². The SMILES string of the molecule is Cc1cn[nH]c1.Cc1cn[nH]c1C(F)(F)F.FC(F)(F)I. The summed E-state index contributed by atoms with van der Waals surface area (Å²) in [6, 6.07) is 0. The average Bonchev–Trinajstić information content (AvgIpc) is 2.86. The molecular formula is C10H11F6IN4. The highest BCUT2D eigenvalue weighted by atomic mass is 127. The van der Waals surface area contributed by atoms with Crippen molar-refractivity contribution in [3.63, 3.8) is 0 Å². The van der Waals surface area contributed by atoms with E-state index in [1.807, 2.05) is 18.2 Å². The molecule has 2 rings (SSSR count). The first-order valence-corrected chi connectivity index (χ1v) is 6.27. The Morgan fingerprint density at radius 1 is 1.00 bits per heavy atom. The minimum absolute atomic E-state index is 0.118. The molecule has 4 nitrogen and oxygen atoms in total. The van der Waals surface area contributed by atoms with Gasteiger partial charge in [-0.1, -0.05) is 0 Å². The van der Waals surface area contributed by atoms with Gasteiger partial charge in [-0.25, -0.2) is 0 Å². The van der Waals surface area contributed by atoms with Crippen molar-refractivity contribution >= 4 is 22.6 Å². The molecule has 0 aliphatic carbocycles. The number of alkyl halides is 7. The Kier molecular flexibility index (Phi) is 7.74. The van der Waals surface area contributed by atoms with Crippen LogP contribution in [0.1, 0.15) is 16.8 Å². The lowest BCUT2D eigenvalue weighted by molar-refractivity contribution is -0.141. The molecule has 0 radical (unpaired) electrons.